The van der Waals surface area contributed by atoms with E-state index in [0.717, 1.165) is 0 Å². The van der Waals surface area contributed by atoms with Crippen molar-refractivity contribution in [2.24, 2.45) is 0 Å². The Balaban J connectivity index is 2.68. The Hall–Kier alpha value is -0.970. The van der Waals surface area contributed by atoms with Gasteiger partial charge in [-0.15, -0.1) is 0 Å². The van der Waals surface area contributed by atoms with Crippen LogP contribution in [-0.4, -0.2) is 4.98 Å². The van der Waals surface area contributed by atoms with Crippen molar-refractivity contribution in [2.45, 2.75) is 6.43 Å². The second-order valence-electron chi connectivity index (χ2n) is 2.44. The van der Waals surface area contributed by atoms with Crippen LogP contribution in [0, 0.1) is 0 Å². The minimum atomic E-state index is -2.67. The Kier molecular flexibility index (Phi) is 2.03. The van der Waals surface area contributed by atoms with Gasteiger partial charge in [0.2, 0.25) is 0 Å². The molecule has 0 aliphatic heterocycles. The molecule has 0 N–H and O–H groups in total. The predicted octanol–water partition coefficient (Wildman–Crippen LogP) is 3.53. The van der Waals surface area contributed by atoms with E-state index < -0.39 is 12.3 Å². The second-order valence-corrected chi connectivity index (χ2v) is 3.29. The van der Waals surface area contributed by atoms with E-state index in [4.69, 9.17) is 4.42 Å². The summed E-state index contributed by atoms with van der Waals surface area (Å²) < 4.78 is 29.8. The maximum absolute atomic E-state index is 12.2. The molecule has 0 unspecified atom stereocenters. The summed E-state index contributed by atoms with van der Waals surface area (Å²) in [5.74, 6) is -0.540. The summed E-state index contributed by atoms with van der Waals surface area (Å²) in [4.78, 5) is 3.65. The van der Waals surface area contributed by atoms with Crippen molar-refractivity contribution in [2.75, 3.05) is 0 Å². The molecule has 0 amide bonds. The predicted molar refractivity (Wildman–Crippen MR) is 46.7 cm³/mol. The monoisotopic (exact) mass is 247 g/mol. The lowest BCUT2D eigenvalue weighted by atomic mass is 10.3. The Morgan fingerprint density at radius 3 is 2.77 bits per heavy atom. The molecule has 0 atom stereocenters. The fourth-order valence-corrected chi connectivity index (χ4v) is 1.46. The number of oxazole rings is 1. The molecule has 13 heavy (non-hydrogen) atoms. The van der Waals surface area contributed by atoms with Crippen LogP contribution in [0.25, 0.3) is 11.1 Å². The van der Waals surface area contributed by atoms with E-state index in [1.165, 1.54) is 0 Å². The molecule has 0 bridgehead atoms. The topological polar surface area (TPSA) is 26.0 Å². The Bertz CT molecular complexity index is 441. The molecule has 0 saturated heterocycles. The van der Waals surface area contributed by atoms with Crippen molar-refractivity contribution in [1.82, 2.24) is 4.98 Å². The molecule has 68 valence electrons. The van der Waals surface area contributed by atoms with Crippen molar-refractivity contribution >= 4 is 27.0 Å². The molecule has 2 nitrogen and oxygen atoms in total. The van der Waals surface area contributed by atoms with Crippen LogP contribution in [0.5, 0.6) is 0 Å². The minimum Gasteiger partial charge on any atom is -0.435 e. The van der Waals surface area contributed by atoms with Gasteiger partial charge in [0.25, 0.3) is 5.89 Å². The molecule has 0 aliphatic rings. The Morgan fingerprint density at radius 1 is 1.38 bits per heavy atom. The zero-order valence-corrected chi connectivity index (χ0v) is 7.88. The Morgan fingerprint density at radius 2 is 2.15 bits per heavy atom. The molecule has 0 spiro atoms. The highest BCUT2D eigenvalue weighted by Gasteiger charge is 2.16. The van der Waals surface area contributed by atoms with Crippen molar-refractivity contribution in [3.05, 3.63) is 28.6 Å². The molecular formula is C8H4BrF2NO. The van der Waals surface area contributed by atoms with Gasteiger partial charge in [-0.1, -0.05) is 6.07 Å². The molecule has 0 radical (unpaired) electrons. The number of aromatic nitrogens is 1. The van der Waals surface area contributed by atoms with E-state index in [0.29, 0.717) is 15.6 Å². The zero-order chi connectivity index (χ0) is 9.42. The SMILES string of the molecule is FC(F)c1nc2c(Br)cccc2o1. The lowest BCUT2D eigenvalue weighted by Crippen LogP contribution is -1.81. The third-order valence-corrected chi connectivity index (χ3v) is 2.21. The molecule has 1 aromatic heterocycles. The van der Waals surface area contributed by atoms with Crippen LogP contribution < -0.4 is 0 Å². The van der Waals surface area contributed by atoms with Gasteiger partial charge >= 0.3 is 6.43 Å². The number of rotatable bonds is 1. The lowest BCUT2D eigenvalue weighted by molar-refractivity contribution is 0.117. The van der Waals surface area contributed by atoms with E-state index in [-0.39, 0.29) is 0 Å². The van der Waals surface area contributed by atoms with E-state index in [1.54, 1.807) is 18.2 Å². The van der Waals surface area contributed by atoms with Crippen LogP contribution in [0.15, 0.2) is 27.1 Å². The van der Waals surface area contributed by atoms with Gasteiger partial charge in [-0.05, 0) is 28.1 Å². The normalized spacial score (nSPS) is 11.4. The van der Waals surface area contributed by atoms with Crippen LogP contribution in [0.4, 0.5) is 8.78 Å². The summed E-state index contributed by atoms with van der Waals surface area (Å²) in [5.41, 5.74) is 0.794. The number of halogens is 3. The van der Waals surface area contributed by atoms with Gasteiger partial charge in [-0.2, -0.15) is 8.78 Å². The number of alkyl halides is 2. The van der Waals surface area contributed by atoms with Crippen LogP contribution in [0.2, 0.25) is 0 Å². The van der Waals surface area contributed by atoms with Crippen LogP contribution in [0.3, 0.4) is 0 Å². The first kappa shape index (κ1) is 8.62. The number of hydrogen-bond donors (Lipinski definition) is 0. The van der Waals surface area contributed by atoms with E-state index in [1.807, 2.05) is 0 Å². The quantitative estimate of drug-likeness (QED) is 0.771. The van der Waals surface area contributed by atoms with E-state index in [2.05, 4.69) is 20.9 Å². The standard InChI is InChI=1S/C8H4BrF2NO/c9-4-2-1-3-5-6(4)12-8(13-5)7(10)11/h1-3,7H. The van der Waals surface area contributed by atoms with Crippen LogP contribution in [-0.2, 0) is 0 Å². The summed E-state index contributed by atoms with van der Waals surface area (Å²) >= 11 is 3.19. The number of benzene rings is 1. The van der Waals surface area contributed by atoms with Gasteiger partial charge in [0.1, 0.15) is 5.52 Å². The maximum atomic E-state index is 12.2. The van der Waals surface area contributed by atoms with Gasteiger partial charge < -0.3 is 4.42 Å². The smallest absolute Gasteiger partial charge is 0.313 e. The first-order valence-corrected chi connectivity index (χ1v) is 4.31. The maximum Gasteiger partial charge on any atom is 0.313 e. The third-order valence-electron chi connectivity index (χ3n) is 1.57. The molecule has 2 aromatic rings. The van der Waals surface area contributed by atoms with Gasteiger partial charge in [0.05, 0.1) is 0 Å². The molecule has 0 saturated carbocycles. The van der Waals surface area contributed by atoms with Gasteiger partial charge in [-0.25, -0.2) is 4.98 Å². The largest absolute Gasteiger partial charge is 0.435 e. The number of para-hydroxylation sites is 1. The molecule has 5 heteroatoms. The molecular weight excluding hydrogens is 244 g/mol. The fourth-order valence-electron chi connectivity index (χ4n) is 1.03. The van der Waals surface area contributed by atoms with Gasteiger partial charge in [0, 0.05) is 4.47 Å². The molecule has 0 aliphatic carbocycles. The highest BCUT2D eigenvalue weighted by atomic mass is 79.9. The highest BCUT2D eigenvalue weighted by Crippen LogP contribution is 2.27. The summed E-state index contributed by atoms with van der Waals surface area (Å²) in [7, 11) is 0. The average Bonchev–Trinajstić information content (AvgIpc) is 2.49. The average molecular weight is 248 g/mol. The summed E-state index contributed by atoms with van der Waals surface area (Å²) in [6.45, 7) is 0. The fraction of sp³-hybridized carbons (Fsp3) is 0.125. The minimum absolute atomic E-state index is 0.365. The van der Waals surface area contributed by atoms with Crippen molar-refractivity contribution in [1.29, 1.82) is 0 Å². The summed E-state index contributed by atoms with van der Waals surface area (Å²) in [6.07, 6.45) is -2.67. The first-order chi connectivity index (χ1) is 6.18. The highest BCUT2D eigenvalue weighted by molar-refractivity contribution is 9.10. The van der Waals surface area contributed by atoms with E-state index in [9.17, 15) is 8.78 Å². The molecule has 1 heterocycles. The zero-order valence-electron chi connectivity index (χ0n) is 6.30. The molecule has 2 rings (SSSR count). The first-order valence-electron chi connectivity index (χ1n) is 3.51. The Labute approximate surface area is 80.7 Å². The summed E-state index contributed by atoms with van der Waals surface area (Å²) in [5, 5.41) is 0. The number of hydrogen-bond acceptors (Lipinski definition) is 2. The van der Waals surface area contributed by atoms with Crippen molar-refractivity contribution in [3.8, 4) is 0 Å². The molecule has 1 aromatic carbocycles. The van der Waals surface area contributed by atoms with Crippen LogP contribution >= 0.6 is 15.9 Å². The van der Waals surface area contributed by atoms with Crippen molar-refractivity contribution < 1.29 is 13.2 Å². The van der Waals surface area contributed by atoms with Crippen molar-refractivity contribution in [3.63, 3.8) is 0 Å². The van der Waals surface area contributed by atoms with Gasteiger partial charge in [0.15, 0.2) is 5.58 Å². The number of fused-ring (bicyclic) bond motifs is 1. The lowest BCUT2D eigenvalue weighted by Gasteiger charge is -1.86. The van der Waals surface area contributed by atoms with Gasteiger partial charge in [-0.3, -0.25) is 0 Å². The number of nitrogens with zero attached hydrogens (tertiary/aromatic N) is 1. The molecule has 0 fully saturated rings. The second kappa shape index (κ2) is 3.06. The third kappa shape index (κ3) is 1.44. The van der Waals surface area contributed by atoms with Crippen LogP contribution in [0.1, 0.15) is 12.3 Å². The van der Waals surface area contributed by atoms with E-state index >= 15 is 0 Å². The summed E-state index contributed by atoms with van der Waals surface area (Å²) in [6, 6.07) is 5.02.